The second kappa shape index (κ2) is 60.1. The first-order chi connectivity index (χ1) is 38.9. The Morgan fingerprint density at radius 1 is 0.438 bits per heavy atom. The molecule has 3 atom stereocenters. The van der Waals surface area contributed by atoms with Crippen molar-refractivity contribution >= 4 is 19.7 Å². The lowest BCUT2D eigenvalue weighted by Gasteiger charge is -2.30. The molecule has 1 amide bonds. The number of carbonyl (C=O) groups excluding carboxylic acids is 2. The van der Waals surface area contributed by atoms with Gasteiger partial charge in [0, 0.05) is 12.8 Å². The number of phosphoric ester groups is 1. The molecular weight excluding hydrogens is 1010 g/mol. The van der Waals surface area contributed by atoms with Gasteiger partial charge in [0.25, 0.3) is 7.82 Å². The normalized spacial score (nSPS) is 13.8. The number of esters is 1. The van der Waals surface area contributed by atoms with E-state index in [-0.39, 0.29) is 31.5 Å². The van der Waals surface area contributed by atoms with Crippen LogP contribution in [-0.2, 0) is 27.9 Å². The molecule has 0 spiro atoms. The Balaban J connectivity index is 5.06. The van der Waals surface area contributed by atoms with Gasteiger partial charge >= 0.3 is 5.97 Å². The van der Waals surface area contributed by atoms with Gasteiger partial charge in [-0.3, -0.25) is 14.2 Å². The van der Waals surface area contributed by atoms with Gasteiger partial charge in [0.2, 0.25) is 5.91 Å². The summed E-state index contributed by atoms with van der Waals surface area (Å²) in [5.74, 6) is -0.537. The quantitative estimate of drug-likeness (QED) is 0.0212. The number of rotatable bonds is 63. The minimum Gasteiger partial charge on any atom is -0.756 e. The van der Waals surface area contributed by atoms with Crippen molar-refractivity contribution in [3.8, 4) is 0 Å². The average molecular weight is 1150 g/mol. The summed E-state index contributed by atoms with van der Waals surface area (Å²) in [7, 11) is 1.19. The molecule has 80 heavy (non-hydrogen) atoms. The Hall–Kier alpha value is -2.03. The monoisotopic (exact) mass is 1140 g/mol. The number of likely N-dealkylation sites (N-methyl/N-ethyl adjacent to an activating group) is 1. The van der Waals surface area contributed by atoms with E-state index < -0.39 is 20.0 Å². The topological polar surface area (TPSA) is 114 Å². The van der Waals surface area contributed by atoms with E-state index in [0.29, 0.717) is 17.4 Å². The van der Waals surface area contributed by atoms with Crippen molar-refractivity contribution in [3.63, 3.8) is 0 Å². The number of phosphoric acid groups is 1. The van der Waals surface area contributed by atoms with Crippen LogP contribution in [0.1, 0.15) is 335 Å². The Morgan fingerprint density at radius 2 is 0.762 bits per heavy atom. The van der Waals surface area contributed by atoms with Gasteiger partial charge in [-0.15, -0.1) is 0 Å². The summed E-state index contributed by atoms with van der Waals surface area (Å²) in [6, 6.07) is -0.890. The maximum Gasteiger partial charge on any atom is 0.306 e. The summed E-state index contributed by atoms with van der Waals surface area (Å²) in [6.45, 7) is 6.85. The molecule has 0 saturated heterocycles. The average Bonchev–Trinajstić information content (AvgIpc) is 3.42. The van der Waals surface area contributed by atoms with Crippen molar-refractivity contribution in [2.24, 2.45) is 0 Å². The molecule has 0 bridgehead atoms. The van der Waals surface area contributed by atoms with Gasteiger partial charge in [0.1, 0.15) is 19.3 Å². The number of hydrogen-bond donors (Lipinski definition) is 1. The highest BCUT2D eigenvalue weighted by Gasteiger charge is 2.27. The van der Waals surface area contributed by atoms with Crippen molar-refractivity contribution in [3.05, 3.63) is 48.6 Å². The highest BCUT2D eigenvalue weighted by atomic mass is 31.2. The third kappa shape index (κ3) is 60.6. The van der Waals surface area contributed by atoms with E-state index in [1.165, 1.54) is 225 Å². The zero-order valence-electron chi connectivity index (χ0n) is 53.8. The molecule has 0 aliphatic rings. The smallest absolute Gasteiger partial charge is 0.306 e. The maximum atomic E-state index is 13.6. The van der Waals surface area contributed by atoms with E-state index >= 15 is 0 Å². The second-order valence-corrected chi connectivity index (χ2v) is 26.1. The Morgan fingerprint density at radius 3 is 1.16 bits per heavy atom. The van der Waals surface area contributed by atoms with Crippen LogP contribution >= 0.6 is 7.82 Å². The number of nitrogens with one attached hydrogen (secondary N) is 1. The number of unbranched alkanes of at least 4 members (excludes halogenated alkanes) is 41. The molecule has 0 aliphatic heterocycles. The molecule has 0 aromatic heterocycles. The van der Waals surface area contributed by atoms with Crippen LogP contribution in [0.4, 0.5) is 0 Å². The first-order valence-electron chi connectivity index (χ1n) is 34.4. The van der Waals surface area contributed by atoms with E-state index in [1.807, 2.05) is 33.3 Å². The third-order valence-corrected chi connectivity index (χ3v) is 16.4. The van der Waals surface area contributed by atoms with Crippen LogP contribution in [0.2, 0.25) is 0 Å². The summed E-state index contributed by atoms with van der Waals surface area (Å²) in [5, 5.41) is 3.04. The number of ether oxygens (including phenoxy) is 1. The zero-order chi connectivity index (χ0) is 58.6. The number of carbonyl (C=O) groups is 2. The van der Waals surface area contributed by atoms with Gasteiger partial charge in [-0.1, -0.05) is 282 Å². The summed E-state index contributed by atoms with van der Waals surface area (Å²) in [6.07, 6.45) is 75.1. The first kappa shape index (κ1) is 78.0. The molecule has 0 fully saturated rings. The van der Waals surface area contributed by atoms with Crippen LogP contribution in [-0.4, -0.2) is 69.4 Å². The lowest BCUT2D eigenvalue weighted by atomic mass is 10.0. The standard InChI is InChI=1S/C70H133N2O7P/c1-7-10-13-16-19-22-25-28-30-32-33-34-35-36-37-38-39-41-42-44-47-50-53-56-59-62-69(73)71-67(66-78-80(75,76)77-65-64-72(4,5)6)68(61-58-55-52-49-46-27-24-21-18-15-12-9-3)79-70(74)63-60-57-54-51-48-45-43-40-31-29-26-23-20-17-14-11-8-2/h20,23,28-31,58,61,67-68H,7-19,21-22,24-27,32-57,59-60,62-66H2,1-6H3,(H-,71,73,75,76)/b23-20-,30-28+,31-29-,61-58-. The minimum atomic E-state index is -4.70. The molecule has 0 radical (unpaired) electrons. The van der Waals surface area contributed by atoms with Gasteiger partial charge in [-0.25, -0.2) is 0 Å². The van der Waals surface area contributed by atoms with Crippen LogP contribution in [0.3, 0.4) is 0 Å². The van der Waals surface area contributed by atoms with Crippen molar-refractivity contribution < 1.29 is 37.3 Å². The summed E-state index contributed by atoms with van der Waals surface area (Å²) >= 11 is 0. The molecule has 0 heterocycles. The lowest BCUT2D eigenvalue weighted by molar-refractivity contribution is -0.870. The predicted octanol–water partition coefficient (Wildman–Crippen LogP) is 21.0. The molecule has 1 N–H and O–H groups in total. The number of amides is 1. The summed E-state index contributed by atoms with van der Waals surface area (Å²) in [5.41, 5.74) is 0. The van der Waals surface area contributed by atoms with Gasteiger partial charge in [-0.05, 0) is 89.5 Å². The van der Waals surface area contributed by atoms with Crippen molar-refractivity contribution in [1.82, 2.24) is 5.32 Å². The second-order valence-electron chi connectivity index (χ2n) is 24.7. The summed E-state index contributed by atoms with van der Waals surface area (Å²) < 4.78 is 30.4. The number of nitrogens with zero attached hydrogens (tertiary/aromatic N) is 1. The fourth-order valence-electron chi connectivity index (χ4n) is 10.1. The van der Waals surface area contributed by atoms with Crippen molar-refractivity contribution in [2.45, 2.75) is 348 Å². The van der Waals surface area contributed by atoms with E-state index in [4.69, 9.17) is 13.8 Å². The molecule has 0 aromatic carbocycles. The summed E-state index contributed by atoms with van der Waals surface area (Å²) in [4.78, 5) is 40.1. The molecule has 0 saturated carbocycles. The predicted molar refractivity (Wildman–Crippen MR) is 344 cm³/mol. The van der Waals surface area contributed by atoms with Gasteiger partial charge < -0.3 is 28.5 Å². The maximum absolute atomic E-state index is 13.6. The van der Waals surface area contributed by atoms with E-state index in [0.717, 1.165) is 77.0 Å². The molecule has 470 valence electrons. The van der Waals surface area contributed by atoms with Gasteiger partial charge in [0.15, 0.2) is 0 Å². The number of quaternary nitrogens is 1. The fourth-order valence-corrected chi connectivity index (χ4v) is 10.9. The Labute approximate surface area is 497 Å². The third-order valence-electron chi connectivity index (χ3n) is 15.5. The zero-order valence-corrected chi connectivity index (χ0v) is 54.7. The first-order valence-corrected chi connectivity index (χ1v) is 35.9. The lowest BCUT2D eigenvalue weighted by Crippen LogP contribution is -2.47. The van der Waals surface area contributed by atoms with Gasteiger partial charge in [-0.2, -0.15) is 0 Å². The molecule has 0 aliphatic carbocycles. The SMILES string of the molecule is CCCCC/C=C\C/C=C\CCCCCCCCCC(=O)OC(/C=C\CCCCCCCCCCCC)C(COP(=O)([O-])OCC[N+](C)(C)C)NC(=O)CCCCCCCCCCCCCCCCC/C=C/CCCCCCCC. The van der Waals surface area contributed by atoms with Crippen LogP contribution < -0.4 is 10.2 Å². The molecule has 3 unspecified atom stereocenters. The van der Waals surface area contributed by atoms with Crippen LogP contribution in [0.15, 0.2) is 48.6 Å². The van der Waals surface area contributed by atoms with Gasteiger partial charge in [0.05, 0.1) is 33.8 Å². The van der Waals surface area contributed by atoms with E-state index in [2.05, 4.69) is 62.5 Å². The largest absolute Gasteiger partial charge is 0.756 e. The van der Waals surface area contributed by atoms with E-state index in [9.17, 15) is 19.0 Å². The Bertz CT molecular complexity index is 1510. The minimum absolute atomic E-state index is 0.0225. The van der Waals surface area contributed by atoms with Crippen LogP contribution in [0.5, 0.6) is 0 Å². The molecule has 9 nitrogen and oxygen atoms in total. The van der Waals surface area contributed by atoms with Crippen LogP contribution in [0.25, 0.3) is 0 Å². The van der Waals surface area contributed by atoms with E-state index in [1.54, 1.807) is 0 Å². The fraction of sp³-hybridized carbons (Fsp3) is 0.857. The highest BCUT2D eigenvalue weighted by Crippen LogP contribution is 2.38. The van der Waals surface area contributed by atoms with Crippen molar-refractivity contribution in [1.29, 1.82) is 0 Å². The Kier molecular flexibility index (Phi) is 58.6. The molecular formula is C70H133N2O7P. The molecule has 0 aromatic rings. The number of hydrogen-bond acceptors (Lipinski definition) is 7. The molecule has 0 rings (SSSR count). The highest BCUT2D eigenvalue weighted by molar-refractivity contribution is 7.45. The number of allylic oxidation sites excluding steroid dienone is 7. The van der Waals surface area contributed by atoms with Crippen LogP contribution in [0, 0.1) is 0 Å². The van der Waals surface area contributed by atoms with Crippen molar-refractivity contribution in [2.75, 3.05) is 40.9 Å². The molecule has 10 heteroatoms.